The van der Waals surface area contributed by atoms with Crippen LogP contribution in [-0.2, 0) is 4.79 Å². The molecule has 0 radical (unpaired) electrons. The van der Waals surface area contributed by atoms with Crippen molar-refractivity contribution in [2.45, 2.75) is 10.1 Å². The number of anilines is 1. The Kier molecular flexibility index (Phi) is 4.60. The predicted octanol–water partition coefficient (Wildman–Crippen LogP) is 2.23. The van der Waals surface area contributed by atoms with E-state index in [0.29, 0.717) is 10.6 Å². The van der Waals surface area contributed by atoms with Crippen LogP contribution in [0, 0.1) is 5.82 Å². The van der Waals surface area contributed by atoms with E-state index in [9.17, 15) is 9.18 Å². The van der Waals surface area contributed by atoms with Crippen molar-refractivity contribution in [2.75, 3.05) is 5.73 Å². The normalized spacial score (nSPS) is 11.9. The van der Waals surface area contributed by atoms with Crippen LogP contribution in [0.5, 0.6) is 0 Å². The van der Waals surface area contributed by atoms with Crippen LogP contribution in [0.15, 0.2) is 53.4 Å². The molecule has 2 rings (SSSR count). The van der Waals surface area contributed by atoms with Crippen LogP contribution in [0.3, 0.4) is 0 Å². The fourth-order valence-electron chi connectivity index (χ4n) is 1.72. The summed E-state index contributed by atoms with van der Waals surface area (Å²) in [5.41, 5.74) is 8.70. The van der Waals surface area contributed by atoms with E-state index in [0.717, 1.165) is 17.3 Å². The minimum Gasteiger partial charge on any atom is -0.399 e. The van der Waals surface area contributed by atoms with Crippen molar-refractivity contribution >= 4 is 23.4 Å². The maximum atomic E-state index is 13.8. The van der Waals surface area contributed by atoms with Crippen molar-refractivity contribution in [3.63, 3.8) is 0 Å². The van der Waals surface area contributed by atoms with Gasteiger partial charge >= 0.3 is 0 Å². The van der Waals surface area contributed by atoms with Gasteiger partial charge in [-0.25, -0.2) is 10.2 Å². The van der Waals surface area contributed by atoms with Crippen LogP contribution in [0.2, 0.25) is 0 Å². The molecule has 0 heterocycles. The lowest BCUT2D eigenvalue weighted by Crippen LogP contribution is -2.33. The van der Waals surface area contributed by atoms with E-state index in [4.69, 9.17) is 11.6 Å². The summed E-state index contributed by atoms with van der Waals surface area (Å²) >= 11 is 1.09. The largest absolute Gasteiger partial charge is 0.399 e. The molecular weight excluding hydrogens is 277 g/mol. The standard InChI is InChI=1S/C14H14FN3OS/c15-11-8-10(16)6-7-12(11)20-13(14(19)18-17)9-4-2-1-3-5-9/h1-8,13H,16-17H2,(H,18,19). The zero-order valence-electron chi connectivity index (χ0n) is 10.5. The van der Waals surface area contributed by atoms with Crippen LogP contribution in [0.1, 0.15) is 10.8 Å². The Morgan fingerprint density at radius 1 is 1.20 bits per heavy atom. The molecule has 6 heteroatoms. The number of nitrogens with two attached hydrogens (primary N) is 2. The monoisotopic (exact) mass is 291 g/mol. The molecular formula is C14H14FN3OS. The van der Waals surface area contributed by atoms with Crippen molar-refractivity contribution in [2.24, 2.45) is 5.84 Å². The zero-order chi connectivity index (χ0) is 14.5. The van der Waals surface area contributed by atoms with Crippen LogP contribution >= 0.6 is 11.8 Å². The molecule has 0 bridgehead atoms. The first-order chi connectivity index (χ1) is 9.61. The van der Waals surface area contributed by atoms with Crippen molar-refractivity contribution in [3.05, 3.63) is 59.9 Å². The molecule has 0 aromatic heterocycles. The SMILES string of the molecule is NNC(=O)C(Sc1ccc(N)cc1F)c1ccccc1. The molecule has 2 aromatic carbocycles. The average Bonchev–Trinajstić information content (AvgIpc) is 2.46. The molecule has 0 spiro atoms. The highest BCUT2D eigenvalue weighted by Crippen LogP contribution is 2.37. The summed E-state index contributed by atoms with van der Waals surface area (Å²) in [4.78, 5) is 12.2. The number of hydrazine groups is 1. The maximum absolute atomic E-state index is 13.8. The number of amides is 1. The molecule has 20 heavy (non-hydrogen) atoms. The Morgan fingerprint density at radius 2 is 1.90 bits per heavy atom. The van der Waals surface area contributed by atoms with Gasteiger partial charge in [-0.3, -0.25) is 10.2 Å². The van der Waals surface area contributed by atoms with Crippen LogP contribution in [-0.4, -0.2) is 5.91 Å². The first kappa shape index (κ1) is 14.4. The van der Waals surface area contributed by atoms with Gasteiger partial charge in [0.1, 0.15) is 11.1 Å². The number of benzene rings is 2. The number of hydrogen-bond acceptors (Lipinski definition) is 4. The minimum absolute atomic E-state index is 0.339. The summed E-state index contributed by atoms with van der Waals surface area (Å²) in [7, 11) is 0. The Balaban J connectivity index is 2.31. The quantitative estimate of drug-likeness (QED) is 0.265. The Labute approximate surface area is 120 Å². The molecule has 0 aliphatic heterocycles. The van der Waals surface area contributed by atoms with Gasteiger partial charge in [0.05, 0.1) is 0 Å². The van der Waals surface area contributed by atoms with Gasteiger partial charge in [-0.15, -0.1) is 11.8 Å². The van der Waals surface area contributed by atoms with Gasteiger partial charge < -0.3 is 5.73 Å². The molecule has 5 N–H and O–H groups in total. The fraction of sp³-hybridized carbons (Fsp3) is 0.0714. The van der Waals surface area contributed by atoms with Crippen LogP contribution < -0.4 is 17.0 Å². The summed E-state index contributed by atoms with van der Waals surface area (Å²) in [5, 5.41) is -0.626. The van der Waals surface area contributed by atoms with Gasteiger partial charge in [-0.2, -0.15) is 0 Å². The zero-order valence-corrected chi connectivity index (χ0v) is 11.4. The molecule has 0 saturated heterocycles. The molecule has 0 aliphatic rings. The number of carbonyl (C=O) groups excluding carboxylic acids is 1. The second-order valence-corrected chi connectivity index (χ2v) is 5.25. The van der Waals surface area contributed by atoms with Crippen molar-refractivity contribution in [1.29, 1.82) is 0 Å². The third kappa shape index (κ3) is 3.28. The van der Waals surface area contributed by atoms with E-state index < -0.39 is 17.0 Å². The van der Waals surface area contributed by atoms with Crippen molar-refractivity contribution in [1.82, 2.24) is 5.43 Å². The highest BCUT2D eigenvalue weighted by molar-refractivity contribution is 8.00. The average molecular weight is 291 g/mol. The Bertz CT molecular complexity index is 607. The van der Waals surface area contributed by atoms with E-state index >= 15 is 0 Å². The second kappa shape index (κ2) is 6.40. The van der Waals surface area contributed by atoms with E-state index in [1.54, 1.807) is 24.3 Å². The first-order valence-corrected chi connectivity index (χ1v) is 6.77. The lowest BCUT2D eigenvalue weighted by Gasteiger charge is -2.15. The van der Waals surface area contributed by atoms with Gasteiger partial charge in [0.25, 0.3) is 5.91 Å². The molecule has 1 amide bonds. The fourth-order valence-corrected chi connectivity index (χ4v) is 2.76. The topological polar surface area (TPSA) is 81.1 Å². The van der Waals surface area contributed by atoms with Gasteiger partial charge in [0.2, 0.25) is 0 Å². The van der Waals surface area contributed by atoms with E-state index in [-0.39, 0.29) is 0 Å². The Morgan fingerprint density at radius 3 is 2.50 bits per heavy atom. The summed E-state index contributed by atoms with van der Waals surface area (Å²) in [6.45, 7) is 0. The van der Waals surface area contributed by atoms with Crippen molar-refractivity contribution in [3.8, 4) is 0 Å². The molecule has 2 aromatic rings. The summed E-state index contributed by atoms with van der Waals surface area (Å²) in [6, 6.07) is 13.4. The van der Waals surface area contributed by atoms with Crippen LogP contribution in [0.25, 0.3) is 0 Å². The van der Waals surface area contributed by atoms with Crippen LogP contribution in [0.4, 0.5) is 10.1 Å². The number of thioether (sulfide) groups is 1. The lowest BCUT2D eigenvalue weighted by atomic mass is 10.1. The first-order valence-electron chi connectivity index (χ1n) is 5.89. The number of rotatable bonds is 4. The minimum atomic E-state index is -0.626. The number of hydrogen-bond donors (Lipinski definition) is 3. The summed E-state index contributed by atoms with van der Waals surface area (Å²) in [5.74, 6) is 4.35. The Hall–Kier alpha value is -2.05. The second-order valence-electron chi connectivity index (χ2n) is 4.11. The third-order valence-electron chi connectivity index (χ3n) is 2.68. The molecule has 4 nitrogen and oxygen atoms in total. The predicted molar refractivity (Wildman–Crippen MR) is 78.2 cm³/mol. The third-order valence-corrected chi connectivity index (χ3v) is 3.99. The number of nitrogens with one attached hydrogen (secondary N) is 1. The summed E-state index contributed by atoms with van der Waals surface area (Å²) < 4.78 is 13.8. The van der Waals surface area contributed by atoms with E-state index in [1.165, 1.54) is 6.07 Å². The van der Waals surface area contributed by atoms with E-state index in [2.05, 4.69) is 5.43 Å². The highest BCUT2D eigenvalue weighted by Gasteiger charge is 2.22. The highest BCUT2D eigenvalue weighted by atomic mass is 32.2. The maximum Gasteiger partial charge on any atom is 0.251 e. The molecule has 0 fully saturated rings. The van der Waals surface area contributed by atoms with Gasteiger partial charge in [-0.1, -0.05) is 30.3 Å². The molecule has 1 unspecified atom stereocenters. The molecule has 104 valence electrons. The van der Waals surface area contributed by atoms with Gasteiger partial charge in [0.15, 0.2) is 0 Å². The molecule has 0 saturated carbocycles. The number of halogens is 1. The van der Waals surface area contributed by atoms with Gasteiger partial charge in [-0.05, 0) is 23.8 Å². The number of carbonyl (C=O) groups is 1. The molecule has 0 aliphatic carbocycles. The lowest BCUT2D eigenvalue weighted by molar-refractivity contribution is -0.120. The van der Waals surface area contributed by atoms with Crippen molar-refractivity contribution < 1.29 is 9.18 Å². The van der Waals surface area contributed by atoms with E-state index in [1.807, 2.05) is 18.2 Å². The van der Waals surface area contributed by atoms with Gasteiger partial charge in [0, 0.05) is 10.6 Å². The summed E-state index contributed by atoms with van der Waals surface area (Å²) in [6.07, 6.45) is 0. The smallest absolute Gasteiger partial charge is 0.251 e. The molecule has 1 atom stereocenters. The number of nitrogen functional groups attached to an aromatic ring is 1.